The average molecular weight is 444 g/mol. The smallest absolute Gasteiger partial charge is 0.410 e. The molecule has 8 nitrogen and oxygen atoms in total. The van der Waals surface area contributed by atoms with Gasteiger partial charge >= 0.3 is 12.1 Å². The predicted molar refractivity (Wildman–Crippen MR) is 104 cm³/mol. The van der Waals surface area contributed by atoms with E-state index in [4.69, 9.17) is 9.47 Å². The van der Waals surface area contributed by atoms with Crippen LogP contribution in [-0.2, 0) is 14.3 Å². The van der Waals surface area contributed by atoms with Gasteiger partial charge in [0.1, 0.15) is 17.5 Å². The molecule has 1 N–H and O–H groups in total. The first-order chi connectivity index (χ1) is 14.8. The molecule has 3 aliphatic heterocycles. The third kappa shape index (κ3) is 4.37. The summed E-state index contributed by atoms with van der Waals surface area (Å²) in [6, 6.07) is -2.40. The number of aromatic nitrogens is 2. The molecule has 1 aromatic heterocycles. The molecule has 0 radical (unpaired) electrons. The Balaban J connectivity index is 1.56. The van der Waals surface area contributed by atoms with Crippen LogP contribution in [0, 0.1) is 5.92 Å². The topological polar surface area (TPSA) is 85.7 Å². The number of halogens is 3. The molecule has 2 saturated heterocycles. The molecule has 3 aliphatic rings. The fourth-order valence-electron chi connectivity index (χ4n) is 4.77. The molecule has 0 aliphatic carbocycles. The summed E-state index contributed by atoms with van der Waals surface area (Å²) in [6.45, 7) is 3.25. The lowest BCUT2D eigenvalue weighted by Gasteiger charge is -2.42. The Kier molecular flexibility index (Phi) is 6.14. The first-order valence-electron chi connectivity index (χ1n) is 10.8. The minimum Gasteiger partial charge on any atom is -0.462 e. The van der Waals surface area contributed by atoms with E-state index in [1.165, 1.54) is 0 Å². The molecule has 2 fully saturated rings. The molecular weight excluding hydrogens is 417 g/mol. The van der Waals surface area contributed by atoms with Crippen molar-refractivity contribution in [2.45, 2.75) is 63.4 Å². The summed E-state index contributed by atoms with van der Waals surface area (Å²) >= 11 is 0. The number of likely N-dealkylation sites (tertiary alicyclic amines) is 1. The standard InChI is InChI=1S/C20H27F3N4O4/c1-2-30-19(29)13-10-24-27-16(20(21,22)23)9-14(25-17(13)27)12-5-3-7-26(11-12)18(28)15-6-4-8-31-15/h10,12,14-16,25H,2-9,11H2,1H3/t12-,14-,15+,16+/m0/s1. The largest absolute Gasteiger partial charge is 0.462 e. The van der Waals surface area contributed by atoms with Crippen LogP contribution in [-0.4, -0.2) is 71.2 Å². The van der Waals surface area contributed by atoms with Gasteiger partial charge in [-0.25, -0.2) is 9.48 Å². The van der Waals surface area contributed by atoms with Crippen molar-refractivity contribution >= 4 is 17.7 Å². The maximum Gasteiger partial charge on any atom is 0.410 e. The first kappa shape index (κ1) is 21.9. The van der Waals surface area contributed by atoms with Crippen molar-refractivity contribution in [1.29, 1.82) is 0 Å². The summed E-state index contributed by atoms with van der Waals surface area (Å²) in [5.41, 5.74) is -0.0103. The Morgan fingerprint density at radius 2 is 2.13 bits per heavy atom. The van der Waals surface area contributed by atoms with E-state index in [9.17, 15) is 22.8 Å². The van der Waals surface area contributed by atoms with Crippen molar-refractivity contribution in [3.63, 3.8) is 0 Å². The number of nitrogens with zero attached hydrogens (tertiary/aromatic N) is 3. The second kappa shape index (κ2) is 8.68. The number of anilines is 1. The lowest BCUT2D eigenvalue weighted by atomic mass is 9.85. The molecule has 11 heteroatoms. The summed E-state index contributed by atoms with van der Waals surface area (Å²) < 4.78 is 52.8. The van der Waals surface area contributed by atoms with E-state index >= 15 is 0 Å². The van der Waals surface area contributed by atoms with Gasteiger partial charge in [-0.2, -0.15) is 18.3 Å². The van der Waals surface area contributed by atoms with Crippen molar-refractivity contribution < 1.29 is 32.2 Å². The summed E-state index contributed by atoms with van der Waals surface area (Å²) in [5.74, 6) is -0.943. The minimum absolute atomic E-state index is 0.0103. The van der Waals surface area contributed by atoms with E-state index in [-0.39, 0.29) is 36.2 Å². The Hall–Kier alpha value is -2.30. The fourth-order valence-corrected chi connectivity index (χ4v) is 4.77. The van der Waals surface area contributed by atoms with Gasteiger partial charge in [-0.1, -0.05) is 0 Å². The van der Waals surface area contributed by atoms with Gasteiger partial charge in [-0.3, -0.25) is 4.79 Å². The molecule has 0 saturated carbocycles. The third-order valence-corrected chi connectivity index (χ3v) is 6.31. The van der Waals surface area contributed by atoms with E-state index < -0.39 is 30.3 Å². The van der Waals surface area contributed by atoms with Crippen molar-refractivity contribution in [3.8, 4) is 0 Å². The fraction of sp³-hybridized carbons (Fsp3) is 0.750. The lowest BCUT2D eigenvalue weighted by molar-refractivity contribution is -0.175. The molecule has 0 spiro atoms. The van der Waals surface area contributed by atoms with Crippen LogP contribution < -0.4 is 5.32 Å². The number of nitrogens with one attached hydrogen (secondary N) is 1. The van der Waals surface area contributed by atoms with E-state index in [2.05, 4.69) is 10.4 Å². The quantitative estimate of drug-likeness (QED) is 0.719. The molecule has 0 unspecified atom stereocenters. The molecule has 4 atom stereocenters. The molecule has 0 aromatic carbocycles. The van der Waals surface area contributed by atoms with E-state index in [1.54, 1.807) is 11.8 Å². The van der Waals surface area contributed by atoms with Crippen LogP contribution in [0.4, 0.5) is 19.0 Å². The second-order valence-electron chi connectivity index (χ2n) is 8.30. The number of amides is 1. The van der Waals surface area contributed by atoms with Gasteiger partial charge in [0.15, 0.2) is 6.04 Å². The lowest BCUT2D eigenvalue weighted by Crippen LogP contribution is -2.51. The maximum absolute atomic E-state index is 13.8. The van der Waals surface area contributed by atoms with Gasteiger partial charge in [-0.05, 0) is 44.9 Å². The highest BCUT2D eigenvalue weighted by Crippen LogP contribution is 2.42. The van der Waals surface area contributed by atoms with Crippen molar-refractivity contribution in [2.24, 2.45) is 5.92 Å². The number of piperidine rings is 1. The first-order valence-corrected chi connectivity index (χ1v) is 10.8. The van der Waals surface area contributed by atoms with Crippen LogP contribution in [0.1, 0.15) is 55.4 Å². The van der Waals surface area contributed by atoms with E-state index in [0.29, 0.717) is 39.0 Å². The normalized spacial score (nSPS) is 28.7. The van der Waals surface area contributed by atoms with Crippen LogP contribution >= 0.6 is 0 Å². The monoisotopic (exact) mass is 444 g/mol. The zero-order valence-electron chi connectivity index (χ0n) is 17.4. The number of ether oxygens (including phenoxy) is 2. The van der Waals surface area contributed by atoms with Crippen LogP contribution in [0.15, 0.2) is 6.20 Å². The van der Waals surface area contributed by atoms with E-state index in [0.717, 1.165) is 17.3 Å². The molecular formula is C20H27F3N4O4. The van der Waals surface area contributed by atoms with Gasteiger partial charge in [0, 0.05) is 25.7 Å². The molecule has 4 heterocycles. The van der Waals surface area contributed by atoms with Crippen molar-refractivity contribution in [3.05, 3.63) is 11.8 Å². The molecule has 31 heavy (non-hydrogen) atoms. The number of rotatable bonds is 4. The number of hydrogen-bond donors (Lipinski definition) is 1. The Morgan fingerprint density at radius 1 is 1.32 bits per heavy atom. The zero-order chi connectivity index (χ0) is 22.2. The number of carbonyl (C=O) groups is 2. The summed E-state index contributed by atoms with van der Waals surface area (Å²) in [6.07, 6.45) is -1.14. The molecule has 0 bridgehead atoms. The molecule has 172 valence electrons. The number of carbonyl (C=O) groups excluding carboxylic acids is 2. The Morgan fingerprint density at radius 3 is 2.81 bits per heavy atom. The van der Waals surface area contributed by atoms with Crippen LogP contribution in [0.3, 0.4) is 0 Å². The van der Waals surface area contributed by atoms with Crippen LogP contribution in [0.25, 0.3) is 0 Å². The Labute approximate surface area is 178 Å². The van der Waals surface area contributed by atoms with Gasteiger partial charge < -0.3 is 19.7 Å². The van der Waals surface area contributed by atoms with Gasteiger partial charge in [0.2, 0.25) is 0 Å². The minimum atomic E-state index is -4.52. The average Bonchev–Trinajstić information content (AvgIpc) is 3.42. The third-order valence-electron chi connectivity index (χ3n) is 6.31. The maximum atomic E-state index is 13.8. The molecule has 1 amide bonds. The van der Waals surface area contributed by atoms with Crippen molar-refractivity contribution in [2.75, 3.05) is 31.6 Å². The van der Waals surface area contributed by atoms with Gasteiger partial charge in [0.05, 0.1) is 12.8 Å². The highest BCUT2D eigenvalue weighted by molar-refractivity contribution is 5.94. The number of fused-ring (bicyclic) bond motifs is 1. The summed E-state index contributed by atoms with van der Waals surface area (Å²) in [7, 11) is 0. The van der Waals surface area contributed by atoms with Crippen LogP contribution in [0.2, 0.25) is 0 Å². The number of hydrogen-bond acceptors (Lipinski definition) is 6. The van der Waals surface area contributed by atoms with Crippen LogP contribution in [0.5, 0.6) is 0 Å². The Bertz CT molecular complexity index is 822. The van der Waals surface area contributed by atoms with Gasteiger partial charge in [-0.15, -0.1) is 0 Å². The zero-order valence-corrected chi connectivity index (χ0v) is 17.4. The van der Waals surface area contributed by atoms with E-state index in [1.807, 2.05) is 0 Å². The highest BCUT2D eigenvalue weighted by Gasteiger charge is 2.49. The number of alkyl halides is 3. The second-order valence-corrected chi connectivity index (χ2v) is 8.30. The van der Waals surface area contributed by atoms with Crippen molar-refractivity contribution in [1.82, 2.24) is 14.7 Å². The summed E-state index contributed by atoms with van der Waals surface area (Å²) in [4.78, 5) is 26.7. The molecule has 1 aromatic rings. The number of esters is 1. The highest BCUT2D eigenvalue weighted by atomic mass is 19.4. The summed E-state index contributed by atoms with van der Waals surface area (Å²) in [5, 5.41) is 6.95. The molecule has 4 rings (SSSR count). The predicted octanol–water partition coefficient (Wildman–Crippen LogP) is 2.77. The SMILES string of the molecule is CCOC(=O)c1cnn2c1N[C@H]([C@H]1CCCN(C(=O)[C@H]3CCCO3)C1)C[C@@H]2C(F)(F)F. The van der Waals surface area contributed by atoms with Gasteiger partial charge in [0.25, 0.3) is 5.91 Å².